The van der Waals surface area contributed by atoms with Gasteiger partial charge in [-0.05, 0) is 59.7 Å². The molecule has 38 heavy (non-hydrogen) atoms. The Morgan fingerprint density at radius 3 is 2.34 bits per heavy atom. The van der Waals surface area contributed by atoms with E-state index in [-0.39, 0.29) is 23.3 Å². The number of amides is 1. The zero-order chi connectivity index (χ0) is 27.6. The largest absolute Gasteiger partial charge is 0.507 e. The Balaban J connectivity index is 1.88. The smallest absolute Gasteiger partial charge is 0.296 e. The number of benzene rings is 2. The maximum atomic E-state index is 13.5. The molecular weight excluding hydrogens is 476 g/mol. The van der Waals surface area contributed by atoms with Crippen molar-refractivity contribution in [3.05, 3.63) is 100 Å². The normalized spacial score (nSPS) is 17.3. The van der Waals surface area contributed by atoms with Gasteiger partial charge in [0.25, 0.3) is 11.7 Å². The Hall–Kier alpha value is -3.93. The first-order valence-corrected chi connectivity index (χ1v) is 13.1. The maximum Gasteiger partial charge on any atom is 0.296 e. The third-order valence-corrected chi connectivity index (χ3v) is 6.88. The van der Waals surface area contributed by atoms with Crippen LogP contribution >= 0.6 is 0 Å². The molecule has 2 aromatic carbocycles. The Kier molecular flexibility index (Phi) is 7.72. The summed E-state index contributed by atoms with van der Waals surface area (Å²) in [5.74, 6) is -0.491. The van der Waals surface area contributed by atoms with Gasteiger partial charge in [-0.3, -0.25) is 14.6 Å². The summed E-state index contributed by atoms with van der Waals surface area (Å²) in [4.78, 5) is 32.7. The lowest BCUT2D eigenvalue weighted by Gasteiger charge is -2.26. The van der Waals surface area contributed by atoms with Crippen LogP contribution < -0.4 is 4.74 Å². The van der Waals surface area contributed by atoms with Crippen molar-refractivity contribution in [1.82, 2.24) is 9.88 Å². The van der Waals surface area contributed by atoms with Gasteiger partial charge >= 0.3 is 0 Å². The molecule has 6 nitrogen and oxygen atoms in total. The fourth-order valence-electron chi connectivity index (χ4n) is 4.82. The highest BCUT2D eigenvalue weighted by Crippen LogP contribution is 2.42. The highest BCUT2D eigenvalue weighted by atomic mass is 16.5. The van der Waals surface area contributed by atoms with Crippen molar-refractivity contribution in [2.45, 2.75) is 65.5 Å². The number of Topliss-reactive ketones (excluding diaryl/α,β-unsaturated/α-hetero) is 1. The van der Waals surface area contributed by atoms with Gasteiger partial charge in [0.1, 0.15) is 11.5 Å². The Morgan fingerprint density at radius 2 is 1.76 bits per heavy atom. The number of pyridine rings is 1. The number of nitrogens with zero attached hydrogens (tertiary/aromatic N) is 2. The van der Waals surface area contributed by atoms with Gasteiger partial charge in [-0.1, -0.05) is 65.0 Å². The van der Waals surface area contributed by atoms with E-state index in [1.54, 1.807) is 18.3 Å². The lowest BCUT2D eigenvalue weighted by atomic mass is 9.84. The van der Waals surface area contributed by atoms with E-state index in [1.807, 2.05) is 55.5 Å². The number of ether oxygens (including phenoxy) is 1. The molecule has 1 amide bonds. The number of carbonyl (C=O) groups is 2. The standard InChI is InChI=1S/C32H36N2O4/c1-7-38-26-16-15-23(18-25(26)32(4,5)6)29(35)27-28(22-13-11-21(12-14-22)20(2)3)34(31(37)30(27)36)19-24-10-8-9-17-33-24/h8-18,20,28,35H,7,19H2,1-6H3/b29-27-. The number of likely N-dealkylation sites (tertiary alicyclic amines) is 1. The Labute approximate surface area is 225 Å². The number of carbonyl (C=O) groups excluding carboxylic acids is 2. The lowest BCUT2D eigenvalue weighted by molar-refractivity contribution is -0.140. The monoisotopic (exact) mass is 512 g/mol. The van der Waals surface area contributed by atoms with E-state index >= 15 is 0 Å². The van der Waals surface area contributed by atoms with E-state index < -0.39 is 17.7 Å². The van der Waals surface area contributed by atoms with Crippen molar-refractivity contribution in [3.63, 3.8) is 0 Å². The van der Waals surface area contributed by atoms with Crippen molar-refractivity contribution >= 4 is 17.4 Å². The maximum absolute atomic E-state index is 13.5. The molecule has 0 radical (unpaired) electrons. The predicted molar refractivity (Wildman–Crippen MR) is 149 cm³/mol. The second kappa shape index (κ2) is 10.8. The summed E-state index contributed by atoms with van der Waals surface area (Å²) in [5, 5.41) is 11.6. The minimum absolute atomic E-state index is 0.0762. The SMILES string of the molecule is CCOc1ccc(/C(O)=C2/C(=O)C(=O)N(Cc3ccccn3)C2c2ccc(C(C)C)cc2)cc1C(C)(C)C. The molecule has 0 spiro atoms. The summed E-state index contributed by atoms with van der Waals surface area (Å²) in [6, 6.07) is 18.0. The number of rotatable bonds is 7. The van der Waals surface area contributed by atoms with Gasteiger partial charge in [-0.15, -0.1) is 0 Å². The average Bonchev–Trinajstić information content (AvgIpc) is 3.13. The van der Waals surface area contributed by atoms with Crippen LogP contribution in [0.2, 0.25) is 0 Å². The molecule has 0 saturated carbocycles. The Morgan fingerprint density at radius 1 is 1.05 bits per heavy atom. The van der Waals surface area contributed by atoms with Crippen LogP contribution in [0.25, 0.3) is 5.76 Å². The van der Waals surface area contributed by atoms with E-state index in [4.69, 9.17) is 4.74 Å². The van der Waals surface area contributed by atoms with Crippen molar-refractivity contribution in [3.8, 4) is 5.75 Å². The van der Waals surface area contributed by atoms with Crippen molar-refractivity contribution < 1.29 is 19.4 Å². The summed E-state index contributed by atoms with van der Waals surface area (Å²) >= 11 is 0. The zero-order valence-corrected chi connectivity index (χ0v) is 23.0. The first-order valence-electron chi connectivity index (χ1n) is 13.1. The lowest BCUT2D eigenvalue weighted by Crippen LogP contribution is -2.29. The molecule has 1 aromatic heterocycles. The van der Waals surface area contributed by atoms with Gasteiger partial charge in [0.15, 0.2) is 0 Å². The summed E-state index contributed by atoms with van der Waals surface area (Å²) in [5.41, 5.74) is 3.76. The summed E-state index contributed by atoms with van der Waals surface area (Å²) in [7, 11) is 0. The van der Waals surface area contributed by atoms with Gasteiger partial charge in [-0.2, -0.15) is 0 Å². The molecule has 0 bridgehead atoms. The van der Waals surface area contributed by atoms with Crippen LogP contribution in [0.15, 0.2) is 72.4 Å². The third-order valence-electron chi connectivity index (χ3n) is 6.88. The number of aliphatic hydroxyl groups is 1. The molecule has 1 fully saturated rings. The van der Waals surface area contributed by atoms with Crippen molar-refractivity contribution in [1.29, 1.82) is 0 Å². The molecule has 1 unspecified atom stereocenters. The highest BCUT2D eigenvalue weighted by molar-refractivity contribution is 6.46. The molecule has 1 atom stereocenters. The molecule has 1 aliphatic rings. The number of aliphatic hydroxyl groups excluding tert-OH is 1. The van der Waals surface area contributed by atoms with Crippen molar-refractivity contribution in [2.24, 2.45) is 0 Å². The number of hydrogen-bond acceptors (Lipinski definition) is 5. The molecule has 198 valence electrons. The topological polar surface area (TPSA) is 79.7 Å². The van der Waals surface area contributed by atoms with E-state index in [9.17, 15) is 14.7 Å². The molecule has 3 aromatic rings. The number of ketones is 1. The second-order valence-electron chi connectivity index (χ2n) is 11.0. The fourth-order valence-corrected chi connectivity index (χ4v) is 4.82. The van der Waals surface area contributed by atoms with Crippen LogP contribution in [0.3, 0.4) is 0 Å². The van der Waals surface area contributed by atoms with Gasteiger partial charge in [0.2, 0.25) is 0 Å². The first-order chi connectivity index (χ1) is 18.0. The second-order valence-corrected chi connectivity index (χ2v) is 11.0. The zero-order valence-electron chi connectivity index (χ0n) is 23.0. The fraction of sp³-hybridized carbons (Fsp3) is 0.344. The Bertz CT molecular complexity index is 1350. The van der Waals surface area contributed by atoms with Gasteiger partial charge < -0.3 is 14.7 Å². The van der Waals surface area contributed by atoms with Crippen LogP contribution in [0.4, 0.5) is 0 Å². The van der Waals surface area contributed by atoms with Gasteiger partial charge in [-0.25, -0.2) is 0 Å². The third kappa shape index (κ3) is 5.35. The van der Waals surface area contributed by atoms with Gasteiger partial charge in [0.05, 0.1) is 30.5 Å². The molecule has 4 rings (SSSR count). The first kappa shape index (κ1) is 27.1. The molecule has 1 N–H and O–H groups in total. The van der Waals surface area contributed by atoms with Gasteiger partial charge in [0, 0.05) is 17.3 Å². The van der Waals surface area contributed by atoms with Crippen molar-refractivity contribution in [2.75, 3.05) is 6.61 Å². The minimum atomic E-state index is -0.747. The van der Waals surface area contributed by atoms with E-state index in [0.717, 1.165) is 22.4 Å². The summed E-state index contributed by atoms with van der Waals surface area (Å²) < 4.78 is 5.83. The summed E-state index contributed by atoms with van der Waals surface area (Å²) in [6.45, 7) is 13.0. The van der Waals surface area contributed by atoms with E-state index in [2.05, 4.69) is 39.6 Å². The summed E-state index contributed by atoms with van der Waals surface area (Å²) in [6.07, 6.45) is 1.66. The van der Waals surface area contributed by atoms with Crippen LogP contribution in [0.1, 0.15) is 81.4 Å². The molecular formula is C32H36N2O4. The predicted octanol–water partition coefficient (Wildman–Crippen LogP) is 6.52. The van der Waals surface area contributed by atoms with E-state index in [0.29, 0.717) is 23.8 Å². The van der Waals surface area contributed by atoms with Crippen LogP contribution in [0.5, 0.6) is 5.75 Å². The van der Waals surface area contributed by atoms with Crippen LogP contribution in [0, 0.1) is 0 Å². The molecule has 6 heteroatoms. The average molecular weight is 513 g/mol. The van der Waals surface area contributed by atoms with Crippen LogP contribution in [-0.4, -0.2) is 33.3 Å². The number of aromatic nitrogens is 1. The molecule has 1 aliphatic heterocycles. The highest BCUT2D eigenvalue weighted by Gasteiger charge is 2.46. The molecule has 1 saturated heterocycles. The minimum Gasteiger partial charge on any atom is -0.507 e. The van der Waals surface area contributed by atoms with E-state index in [1.165, 1.54) is 4.90 Å². The number of hydrogen-bond donors (Lipinski definition) is 1. The van der Waals surface area contributed by atoms with Crippen LogP contribution in [-0.2, 0) is 21.5 Å². The molecule has 2 heterocycles. The molecule has 0 aliphatic carbocycles. The quantitative estimate of drug-likeness (QED) is 0.221.